The molecule has 220 valence electrons. The third-order valence-electron chi connectivity index (χ3n) is 7.94. The highest BCUT2D eigenvalue weighted by atomic mass is 16.1. The number of carbonyl (C=O) groups excluding carboxylic acids is 1. The second-order valence-corrected chi connectivity index (χ2v) is 11.7. The highest BCUT2D eigenvalue weighted by Crippen LogP contribution is 2.23. The zero-order chi connectivity index (χ0) is 27.5. The van der Waals surface area contributed by atoms with E-state index in [1.54, 1.807) is 6.07 Å². The second kappa shape index (κ2) is 25.7. The monoisotopic (exact) mass is 529 g/mol. The van der Waals surface area contributed by atoms with E-state index in [0.717, 1.165) is 0 Å². The van der Waals surface area contributed by atoms with Gasteiger partial charge in [-0.1, -0.05) is 161 Å². The van der Waals surface area contributed by atoms with Crippen LogP contribution in [0.4, 0.5) is 11.6 Å². The van der Waals surface area contributed by atoms with E-state index in [-0.39, 0.29) is 5.91 Å². The number of anilines is 2. The Kier molecular flexibility index (Phi) is 23.3. The molecule has 1 heterocycles. The van der Waals surface area contributed by atoms with Gasteiger partial charge in [-0.15, -0.1) is 0 Å². The fraction of sp³-hybridized carbons (Fsp3) is 0.824. The molecule has 0 radical (unpaired) electrons. The summed E-state index contributed by atoms with van der Waals surface area (Å²) >= 11 is 0. The van der Waals surface area contributed by atoms with E-state index in [4.69, 9.17) is 5.73 Å². The van der Waals surface area contributed by atoms with Gasteiger partial charge in [-0.2, -0.15) is 0 Å². The van der Waals surface area contributed by atoms with Crippen molar-refractivity contribution in [1.29, 1.82) is 0 Å². The van der Waals surface area contributed by atoms with E-state index < -0.39 is 0 Å². The summed E-state index contributed by atoms with van der Waals surface area (Å²) in [7, 11) is 0. The molecule has 0 aliphatic rings. The average Bonchev–Trinajstić information content (AvgIpc) is 2.90. The minimum atomic E-state index is 0.0826. The number of hydrogen-bond acceptors (Lipinski definition) is 3. The molecule has 0 aromatic carbocycles. The van der Waals surface area contributed by atoms with Gasteiger partial charge < -0.3 is 11.1 Å². The number of pyridine rings is 1. The highest BCUT2D eigenvalue weighted by molar-refractivity contribution is 5.90. The average molecular weight is 530 g/mol. The van der Waals surface area contributed by atoms with Crippen LogP contribution in [0, 0.1) is 5.92 Å². The Morgan fingerprint density at radius 2 is 1.05 bits per heavy atom. The Bertz CT molecular complexity index is 637. The highest BCUT2D eigenvalue weighted by Gasteiger charge is 2.14. The fourth-order valence-electron chi connectivity index (χ4n) is 5.52. The van der Waals surface area contributed by atoms with Crippen molar-refractivity contribution in [1.82, 2.24) is 4.98 Å². The van der Waals surface area contributed by atoms with E-state index in [2.05, 4.69) is 24.1 Å². The molecule has 1 amide bonds. The standard InChI is InChI=1S/C34H63N3O/c1-3-5-7-9-11-13-15-17-19-21-23-26-31(30-34(38)37-33-29-25-28-32(35)36-33)27-24-22-20-18-16-14-12-10-8-6-4-2/h25,28-29,31H,3-24,26-27,30H2,1-2H3,(H3,35,36,37,38). The normalized spacial score (nSPS) is 11.3. The molecule has 1 rings (SSSR count). The van der Waals surface area contributed by atoms with Crippen molar-refractivity contribution in [2.75, 3.05) is 11.1 Å². The maximum Gasteiger partial charge on any atom is 0.225 e. The summed E-state index contributed by atoms with van der Waals surface area (Å²) in [5, 5.41) is 2.97. The van der Waals surface area contributed by atoms with Gasteiger partial charge in [0.05, 0.1) is 0 Å². The first-order valence-electron chi connectivity index (χ1n) is 16.7. The third kappa shape index (κ3) is 21.4. The Labute approximate surface area is 236 Å². The van der Waals surface area contributed by atoms with E-state index in [9.17, 15) is 4.79 Å². The first-order valence-corrected chi connectivity index (χ1v) is 16.7. The largest absolute Gasteiger partial charge is 0.384 e. The van der Waals surface area contributed by atoms with Crippen LogP contribution in [-0.4, -0.2) is 10.9 Å². The Morgan fingerprint density at radius 3 is 1.45 bits per heavy atom. The number of nitrogens with one attached hydrogen (secondary N) is 1. The van der Waals surface area contributed by atoms with Crippen molar-refractivity contribution in [2.45, 2.75) is 174 Å². The molecule has 0 saturated carbocycles. The lowest BCUT2D eigenvalue weighted by atomic mass is 9.91. The maximum atomic E-state index is 12.7. The smallest absolute Gasteiger partial charge is 0.225 e. The van der Waals surface area contributed by atoms with Crippen molar-refractivity contribution >= 4 is 17.5 Å². The molecule has 0 fully saturated rings. The number of nitrogen functional groups attached to an aromatic ring is 1. The Morgan fingerprint density at radius 1 is 0.658 bits per heavy atom. The lowest BCUT2D eigenvalue weighted by Crippen LogP contribution is -2.17. The number of rotatable bonds is 27. The number of amides is 1. The predicted octanol–water partition coefficient (Wildman–Crippen LogP) is 11.0. The summed E-state index contributed by atoms with van der Waals surface area (Å²) in [6, 6.07) is 5.40. The van der Waals surface area contributed by atoms with E-state index >= 15 is 0 Å². The predicted molar refractivity (Wildman–Crippen MR) is 168 cm³/mol. The molecule has 4 heteroatoms. The van der Waals surface area contributed by atoms with Crippen LogP contribution >= 0.6 is 0 Å². The van der Waals surface area contributed by atoms with Crippen LogP contribution in [0.5, 0.6) is 0 Å². The fourth-order valence-corrected chi connectivity index (χ4v) is 5.52. The van der Waals surface area contributed by atoms with E-state index in [1.165, 1.54) is 154 Å². The van der Waals surface area contributed by atoms with Gasteiger partial charge in [0, 0.05) is 6.42 Å². The molecule has 0 unspecified atom stereocenters. The molecule has 0 spiro atoms. The molecule has 0 aliphatic heterocycles. The van der Waals surface area contributed by atoms with Crippen molar-refractivity contribution in [3.05, 3.63) is 18.2 Å². The Balaban J connectivity index is 2.24. The van der Waals surface area contributed by atoms with Gasteiger partial charge in [0.25, 0.3) is 0 Å². The van der Waals surface area contributed by atoms with Crippen LogP contribution < -0.4 is 11.1 Å². The molecule has 38 heavy (non-hydrogen) atoms. The van der Waals surface area contributed by atoms with Gasteiger partial charge in [0.15, 0.2) is 0 Å². The van der Waals surface area contributed by atoms with Gasteiger partial charge in [-0.25, -0.2) is 4.98 Å². The number of hydrogen-bond donors (Lipinski definition) is 2. The van der Waals surface area contributed by atoms with Crippen molar-refractivity contribution in [3.8, 4) is 0 Å². The first kappa shape index (κ1) is 34.4. The quantitative estimate of drug-likeness (QED) is 0.111. The van der Waals surface area contributed by atoms with Gasteiger partial charge in [0.2, 0.25) is 5.91 Å². The van der Waals surface area contributed by atoms with E-state index in [0.29, 0.717) is 24.0 Å². The summed E-state index contributed by atoms with van der Waals surface area (Å²) in [6.45, 7) is 4.57. The lowest BCUT2D eigenvalue weighted by Gasteiger charge is -2.17. The second-order valence-electron chi connectivity index (χ2n) is 11.7. The SMILES string of the molecule is CCCCCCCCCCCCCC(CCCCCCCCCCCCC)CC(=O)Nc1cccc(N)n1. The van der Waals surface area contributed by atoms with Crippen molar-refractivity contribution in [3.63, 3.8) is 0 Å². The zero-order valence-corrected chi connectivity index (χ0v) is 25.4. The molecule has 4 nitrogen and oxygen atoms in total. The van der Waals surface area contributed by atoms with Crippen molar-refractivity contribution in [2.24, 2.45) is 5.92 Å². The molecular formula is C34H63N3O. The minimum Gasteiger partial charge on any atom is -0.384 e. The summed E-state index contributed by atoms with van der Waals surface area (Å²) < 4.78 is 0. The van der Waals surface area contributed by atoms with Crippen LogP contribution in [0.1, 0.15) is 174 Å². The Hall–Kier alpha value is -1.58. The molecule has 0 aliphatic carbocycles. The number of aromatic nitrogens is 1. The number of nitrogens with zero attached hydrogens (tertiary/aromatic N) is 1. The van der Waals surface area contributed by atoms with Crippen LogP contribution in [0.25, 0.3) is 0 Å². The van der Waals surface area contributed by atoms with Gasteiger partial charge in [0.1, 0.15) is 11.6 Å². The molecule has 0 bridgehead atoms. The summed E-state index contributed by atoms with van der Waals surface area (Å²) in [4.78, 5) is 17.0. The zero-order valence-electron chi connectivity index (χ0n) is 25.4. The van der Waals surface area contributed by atoms with Gasteiger partial charge >= 0.3 is 0 Å². The topological polar surface area (TPSA) is 68.0 Å². The minimum absolute atomic E-state index is 0.0826. The third-order valence-corrected chi connectivity index (χ3v) is 7.94. The first-order chi connectivity index (χ1) is 18.7. The number of nitrogens with two attached hydrogens (primary N) is 1. The summed E-state index contributed by atoms with van der Waals surface area (Å²) in [5.41, 5.74) is 5.78. The van der Waals surface area contributed by atoms with E-state index in [1.807, 2.05) is 12.1 Å². The molecule has 0 saturated heterocycles. The molecule has 3 N–H and O–H groups in total. The number of carbonyl (C=O) groups is 1. The molecular weight excluding hydrogens is 466 g/mol. The van der Waals surface area contributed by atoms with Crippen LogP contribution in [0.15, 0.2) is 18.2 Å². The van der Waals surface area contributed by atoms with Crippen molar-refractivity contribution < 1.29 is 4.79 Å². The maximum absolute atomic E-state index is 12.7. The van der Waals surface area contributed by atoms with Crippen LogP contribution in [0.3, 0.4) is 0 Å². The summed E-state index contributed by atoms with van der Waals surface area (Å²) in [6.07, 6.45) is 33.1. The van der Waals surface area contributed by atoms with Gasteiger partial charge in [-0.05, 0) is 30.9 Å². The van der Waals surface area contributed by atoms with Crippen LogP contribution in [0.2, 0.25) is 0 Å². The van der Waals surface area contributed by atoms with Crippen LogP contribution in [-0.2, 0) is 4.79 Å². The van der Waals surface area contributed by atoms with Gasteiger partial charge in [-0.3, -0.25) is 4.79 Å². The summed E-state index contributed by atoms with van der Waals surface area (Å²) in [5.74, 6) is 1.58. The molecule has 1 aromatic rings. The lowest BCUT2D eigenvalue weighted by molar-refractivity contribution is -0.117. The molecule has 1 aromatic heterocycles. The number of unbranched alkanes of at least 4 members (excludes halogenated alkanes) is 20. The molecule has 0 atom stereocenters.